The van der Waals surface area contributed by atoms with Crippen LogP contribution in [-0.4, -0.2) is 34.7 Å². The van der Waals surface area contributed by atoms with Crippen LogP contribution >= 0.6 is 0 Å². The second-order valence-corrected chi connectivity index (χ2v) is 11.1. The average molecular weight is 494 g/mol. The van der Waals surface area contributed by atoms with E-state index in [2.05, 4.69) is 33.0 Å². The number of nitrogens with one attached hydrogen (secondary N) is 1. The quantitative estimate of drug-likeness (QED) is 0.451. The molecule has 0 bridgehead atoms. The molecular weight excluding hydrogens is 454 g/mol. The summed E-state index contributed by atoms with van der Waals surface area (Å²) in [5.74, 6) is 0.145. The second kappa shape index (κ2) is 11.0. The number of fused-ring (bicyclic) bond motifs is 3. The van der Waals surface area contributed by atoms with Crippen LogP contribution in [0, 0.1) is 11.8 Å². The van der Waals surface area contributed by atoms with Crippen LogP contribution in [0.4, 0.5) is 0 Å². The lowest BCUT2D eigenvalue weighted by Gasteiger charge is -2.50. The number of amides is 1. The Morgan fingerprint density at radius 2 is 1.89 bits per heavy atom. The minimum Gasteiger partial charge on any atom is -0.487 e. The molecule has 0 aliphatic carbocycles. The van der Waals surface area contributed by atoms with Gasteiger partial charge in [-0.05, 0) is 69.2 Å². The van der Waals surface area contributed by atoms with Crippen LogP contribution in [0.1, 0.15) is 87.4 Å². The van der Waals surface area contributed by atoms with E-state index in [4.69, 9.17) is 9.47 Å². The number of rotatable bonds is 9. The Kier molecular flexibility index (Phi) is 8.04. The van der Waals surface area contributed by atoms with E-state index in [-0.39, 0.29) is 30.1 Å². The maximum absolute atomic E-state index is 13.1. The number of ether oxygens (including phenoxy) is 2. The normalized spacial score (nSPS) is 25.9. The third-order valence-electron chi connectivity index (χ3n) is 7.68. The molecule has 2 heterocycles. The van der Waals surface area contributed by atoms with Crippen molar-refractivity contribution in [1.82, 2.24) is 5.32 Å². The lowest BCUT2D eigenvalue weighted by atomic mass is 9.72. The summed E-state index contributed by atoms with van der Waals surface area (Å²) >= 11 is 0. The van der Waals surface area contributed by atoms with E-state index in [0.29, 0.717) is 11.5 Å². The first-order chi connectivity index (χ1) is 17.2. The fourth-order valence-electron chi connectivity index (χ4n) is 5.62. The molecule has 6 heteroatoms. The molecule has 5 atom stereocenters. The van der Waals surface area contributed by atoms with Crippen molar-refractivity contribution in [2.75, 3.05) is 0 Å². The Morgan fingerprint density at radius 1 is 1.14 bits per heavy atom. The monoisotopic (exact) mass is 493 g/mol. The zero-order chi connectivity index (χ0) is 25.9. The number of carbonyl (C=O) groups excluding carboxylic acids is 1. The minimum absolute atomic E-state index is 0.136. The highest BCUT2D eigenvalue weighted by molar-refractivity contribution is 5.97. The van der Waals surface area contributed by atoms with Gasteiger partial charge in [0.2, 0.25) is 0 Å². The van der Waals surface area contributed by atoms with E-state index in [9.17, 15) is 14.7 Å². The predicted molar refractivity (Wildman–Crippen MR) is 139 cm³/mol. The number of benzene rings is 2. The smallest absolute Gasteiger partial charge is 0.326 e. The summed E-state index contributed by atoms with van der Waals surface area (Å²) < 4.78 is 13.1. The second-order valence-electron chi connectivity index (χ2n) is 11.1. The van der Waals surface area contributed by atoms with Gasteiger partial charge in [0.25, 0.3) is 5.91 Å². The topological polar surface area (TPSA) is 84.9 Å². The van der Waals surface area contributed by atoms with Crippen molar-refractivity contribution < 1.29 is 24.2 Å². The van der Waals surface area contributed by atoms with E-state index >= 15 is 0 Å². The molecule has 194 valence electrons. The van der Waals surface area contributed by atoms with Crippen LogP contribution in [0.2, 0.25) is 0 Å². The van der Waals surface area contributed by atoms with Gasteiger partial charge in [0.15, 0.2) is 0 Å². The van der Waals surface area contributed by atoms with Crippen molar-refractivity contribution in [2.24, 2.45) is 11.8 Å². The van der Waals surface area contributed by atoms with Crippen LogP contribution in [0.25, 0.3) is 0 Å². The SMILES string of the molecule is CC(C)CCC[C@]1(C)Oc2ccc(C(=O)N[C@H](Cc3ccccc3)C(=O)O)cc2[C@@H]2O[C@H](C)CC[C@H]21. The molecule has 2 aliphatic rings. The molecule has 2 N–H and O–H groups in total. The molecule has 0 saturated carbocycles. The van der Waals surface area contributed by atoms with Crippen LogP contribution < -0.4 is 10.1 Å². The predicted octanol–water partition coefficient (Wildman–Crippen LogP) is 5.95. The molecule has 4 rings (SSSR count). The van der Waals surface area contributed by atoms with Gasteiger partial charge in [-0.2, -0.15) is 0 Å². The average Bonchev–Trinajstić information content (AvgIpc) is 2.83. The molecule has 2 aliphatic heterocycles. The standard InChI is InChI=1S/C30H39NO5/c1-19(2)9-8-16-30(4)24-14-12-20(3)35-27(24)23-18-22(13-15-26(23)36-30)28(32)31-25(29(33)34)17-21-10-6-5-7-11-21/h5-7,10-11,13,15,18-20,24-25,27H,8-9,12,14,16-17H2,1-4H3,(H,31,32)(H,33,34)/t20-,24-,25-,27+,30+/m1/s1. The molecule has 1 saturated heterocycles. The fourth-order valence-corrected chi connectivity index (χ4v) is 5.62. The summed E-state index contributed by atoms with van der Waals surface area (Å²) in [6.07, 6.45) is 5.43. The van der Waals surface area contributed by atoms with E-state index in [1.165, 1.54) is 0 Å². The molecule has 0 spiro atoms. The van der Waals surface area contributed by atoms with Crippen molar-refractivity contribution in [3.8, 4) is 5.75 Å². The minimum atomic E-state index is -1.06. The van der Waals surface area contributed by atoms with Gasteiger partial charge in [-0.3, -0.25) is 4.79 Å². The summed E-state index contributed by atoms with van der Waals surface area (Å²) in [6.45, 7) is 8.79. The summed E-state index contributed by atoms with van der Waals surface area (Å²) in [6, 6.07) is 13.7. The lowest BCUT2D eigenvalue weighted by molar-refractivity contribution is -0.152. The highest BCUT2D eigenvalue weighted by atomic mass is 16.5. The number of carboxylic acid groups (broad SMARTS) is 1. The van der Waals surface area contributed by atoms with Gasteiger partial charge in [-0.15, -0.1) is 0 Å². The lowest BCUT2D eigenvalue weighted by Crippen LogP contribution is -2.50. The third-order valence-corrected chi connectivity index (χ3v) is 7.68. The molecule has 0 unspecified atom stereocenters. The van der Waals surface area contributed by atoms with Crippen LogP contribution in [-0.2, 0) is 16.0 Å². The van der Waals surface area contributed by atoms with Gasteiger partial charge in [-0.25, -0.2) is 4.79 Å². The van der Waals surface area contributed by atoms with Gasteiger partial charge in [0.1, 0.15) is 17.4 Å². The first kappa shape index (κ1) is 26.2. The van der Waals surface area contributed by atoms with E-state index in [0.717, 1.165) is 49.0 Å². The number of carboxylic acids is 1. The van der Waals surface area contributed by atoms with E-state index in [1.54, 1.807) is 6.07 Å². The van der Waals surface area contributed by atoms with Gasteiger partial charge in [0, 0.05) is 23.5 Å². The van der Waals surface area contributed by atoms with Gasteiger partial charge >= 0.3 is 5.97 Å². The molecule has 2 aromatic carbocycles. The number of hydrogen-bond acceptors (Lipinski definition) is 4. The highest BCUT2D eigenvalue weighted by Crippen LogP contribution is 2.52. The molecule has 0 aromatic heterocycles. The van der Waals surface area contributed by atoms with Crippen LogP contribution in [0.15, 0.2) is 48.5 Å². The molecule has 2 aromatic rings. The summed E-state index contributed by atoms with van der Waals surface area (Å²) in [4.78, 5) is 25.0. The van der Waals surface area contributed by atoms with Crippen molar-refractivity contribution >= 4 is 11.9 Å². The Hall–Kier alpha value is -2.86. The summed E-state index contributed by atoms with van der Waals surface area (Å²) in [7, 11) is 0. The molecular formula is C30H39NO5. The number of aliphatic carboxylic acids is 1. The maximum Gasteiger partial charge on any atom is 0.326 e. The van der Waals surface area contributed by atoms with Crippen molar-refractivity contribution in [1.29, 1.82) is 0 Å². The van der Waals surface area contributed by atoms with E-state index in [1.807, 2.05) is 42.5 Å². The molecule has 1 fully saturated rings. The first-order valence-electron chi connectivity index (χ1n) is 13.2. The largest absolute Gasteiger partial charge is 0.487 e. The maximum atomic E-state index is 13.1. The van der Waals surface area contributed by atoms with Gasteiger partial charge < -0.3 is 19.9 Å². The van der Waals surface area contributed by atoms with E-state index < -0.39 is 17.9 Å². The van der Waals surface area contributed by atoms with Crippen molar-refractivity contribution in [2.45, 2.75) is 90.1 Å². The summed E-state index contributed by atoms with van der Waals surface area (Å²) in [5.41, 5.74) is 1.84. The zero-order valence-corrected chi connectivity index (χ0v) is 21.8. The Bertz CT molecular complexity index is 1070. The molecule has 6 nitrogen and oxygen atoms in total. The zero-order valence-electron chi connectivity index (χ0n) is 21.8. The number of hydrogen-bond donors (Lipinski definition) is 2. The third kappa shape index (κ3) is 5.92. The fraction of sp³-hybridized carbons (Fsp3) is 0.533. The van der Waals surface area contributed by atoms with Gasteiger partial charge in [-0.1, -0.05) is 50.6 Å². The molecule has 36 heavy (non-hydrogen) atoms. The first-order valence-corrected chi connectivity index (χ1v) is 13.2. The summed E-state index contributed by atoms with van der Waals surface area (Å²) in [5, 5.41) is 12.4. The Labute approximate surface area is 214 Å². The molecule has 1 amide bonds. The number of carbonyl (C=O) groups is 2. The Balaban J connectivity index is 1.56. The van der Waals surface area contributed by atoms with Crippen molar-refractivity contribution in [3.05, 3.63) is 65.2 Å². The van der Waals surface area contributed by atoms with Crippen molar-refractivity contribution in [3.63, 3.8) is 0 Å². The van der Waals surface area contributed by atoms with Gasteiger partial charge in [0.05, 0.1) is 12.2 Å². The highest BCUT2D eigenvalue weighted by Gasteiger charge is 2.49. The van der Waals surface area contributed by atoms with Crippen LogP contribution in [0.5, 0.6) is 5.75 Å². The molecule has 0 radical (unpaired) electrons. The Morgan fingerprint density at radius 3 is 2.58 bits per heavy atom. The van der Waals surface area contributed by atoms with Crippen LogP contribution in [0.3, 0.4) is 0 Å².